The quantitative estimate of drug-likeness (QED) is 0.780. The Morgan fingerprint density at radius 3 is 2.90 bits per heavy atom. The van der Waals surface area contributed by atoms with Gasteiger partial charge in [0.2, 0.25) is 0 Å². The third-order valence-electron chi connectivity index (χ3n) is 3.09. The maximum atomic E-state index is 5.62. The number of hydrogen-bond acceptors (Lipinski definition) is 6. The van der Waals surface area contributed by atoms with Gasteiger partial charge in [0.05, 0.1) is 11.9 Å². The second-order valence-corrected chi connectivity index (χ2v) is 5.68. The van der Waals surface area contributed by atoms with Gasteiger partial charge in [-0.3, -0.25) is 0 Å². The van der Waals surface area contributed by atoms with Gasteiger partial charge in [-0.2, -0.15) is 0 Å². The van der Waals surface area contributed by atoms with Gasteiger partial charge in [0.25, 0.3) is 5.22 Å². The number of hydrogen-bond donors (Lipinski definition) is 1. The summed E-state index contributed by atoms with van der Waals surface area (Å²) < 4.78 is 7.57. The topological polar surface area (TPSA) is 68.2 Å². The minimum atomic E-state index is 0.593. The van der Waals surface area contributed by atoms with Crippen LogP contribution >= 0.6 is 11.8 Å². The normalized spacial score (nSPS) is 11.2. The van der Waals surface area contributed by atoms with Crippen molar-refractivity contribution in [2.45, 2.75) is 37.4 Å². The highest BCUT2D eigenvalue weighted by Gasteiger charge is 2.13. The van der Waals surface area contributed by atoms with E-state index in [1.807, 2.05) is 30.6 Å². The molecule has 7 heteroatoms. The summed E-state index contributed by atoms with van der Waals surface area (Å²) in [5.74, 6) is 1.65. The summed E-state index contributed by atoms with van der Waals surface area (Å²) >= 11 is 1.39. The fourth-order valence-corrected chi connectivity index (χ4v) is 2.79. The van der Waals surface area contributed by atoms with Crippen molar-refractivity contribution in [3.05, 3.63) is 30.0 Å². The highest BCUT2D eigenvalue weighted by molar-refractivity contribution is 7.99. The molecular weight excluding hydrogens is 286 g/mol. The molecule has 3 aromatic rings. The monoisotopic (exact) mass is 303 g/mol. The Kier molecular flexibility index (Phi) is 3.83. The maximum Gasteiger partial charge on any atom is 0.262 e. The molecule has 0 amide bonds. The van der Waals surface area contributed by atoms with Crippen LogP contribution in [0.2, 0.25) is 0 Å². The summed E-state index contributed by atoms with van der Waals surface area (Å²) in [5.41, 5.74) is 1.70. The van der Waals surface area contributed by atoms with Crippen LogP contribution in [0, 0.1) is 13.8 Å². The second kappa shape index (κ2) is 5.77. The number of aryl methyl sites for hydroxylation is 2. The molecule has 21 heavy (non-hydrogen) atoms. The lowest BCUT2D eigenvalue weighted by atomic mass is 10.4. The molecule has 1 N–H and O–H groups in total. The van der Waals surface area contributed by atoms with Crippen LogP contribution in [-0.2, 0) is 0 Å². The van der Waals surface area contributed by atoms with Gasteiger partial charge in [0, 0.05) is 18.9 Å². The summed E-state index contributed by atoms with van der Waals surface area (Å²) in [6.45, 7) is 6.84. The van der Waals surface area contributed by atoms with Crippen LogP contribution in [-0.4, -0.2) is 25.9 Å². The van der Waals surface area contributed by atoms with Crippen LogP contribution < -0.4 is 5.32 Å². The summed E-state index contributed by atoms with van der Waals surface area (Å²) in [6, 6.07) is 0. The van der Waals surface area contributed by atoms with Gasteiger partial charge in [0.15, 0.2) is 10.7 Å². The molecule has 0 atom stereocenters. The molecule has 0 bridgehead atoms. The first-order valence-corrected chi connectivity index (χ1v) is 7.68. The highest BCUT2D eigenvalue weighted by atomic mass is 32.2. The molecule has 6 nitrogen and oxygen atoms in total. The molecule has 0 radical (unpaired) electrons. The third kappa shape index (κ3) is 2.87. The second-order valence-electron chi connectivity index (χ2n) is 4.74. The van der Waals surface area contributed by atoms with E-state index in [-0.39, 0.29) is 0 Å². The smallest absolute Gasteiger partial charge is 0.262 e. The van der Waals surface area contributed by atoms with Gasteiger partial charge >= 0.3 is 0 Å². The predicted molar refractivity (Wildman–Crippen MR) is 81.9 cm³/mol. The zero-order valence-corrected chi connectivity index (χ0v) is 13.1. The Bertz CT molecular complexity index is 744. The van der Waals surface area contributed by atoms with Crippen molar-refractivity contribution < 1.29 is 4.42 Å². The fraction of sp³-hybridized carbons (Fsp3) is 0.357. The molecule has 0 unspecified atom stereocenters. The standard InChI is InChI=1S/C14H17N5OS/c1-4-5-15-11-8-19-7-6-16-12(19)13(18-11)21-14-17-9(2)10(3)20-14/h6-8,15H,4-5H2,1-3H3. The molecule has 0 saturated carbocycles. The molecule has 0 fully saturated rings. The van der Waals surface area contributed by atoms with E-state index in [9.17, 15) is 0 Å². The van der Waals surface area contributed by atoms with Crippen molar-refractivity contribution in [2.75, 3.05) is 11.9 Å². The molecule has 0 aliphatic rings. The molecule has 3 rings (SSSR count). The van der Waals surface area contributed by atoms with E-state index in [0.29, 0.717) is 5.22 Å². The van der Waals surface area contributed by atoms with Crippen molar-refractivity contribution in [1.82, 2.24) is 19.4 Å². The van der Waals surface area contributed by atoms with Crippen molar-refractivity contribution in [3.8, 4) is 0 Å². The van der Waals surface area contributed by atoms with Crippen LogP contribution in [0.1, 0.15) is 24.8 Å². The lowest BCUT2D eigenvalue weighted by molar-refractivity contribution is 0.431. The van der Waals surface area contributed by atoms with Gasteiger partial charge in [-0.15, -0.1) is 0 Å². The summed E-state index contributed by atoms with van der Waals surface area (Å²) in [6.07, 6.45) is 6.65. The maximum absolute atomic E-state index is 5.62. The van der Waals surface area contributed by atoms with E-state index in [4.69, 9.17) is 4.42 Å². The molecule has 0 saturated heterocycles. The average molecular weight is 303 g/mol. The minimum Gasteiger partial charge on any atom is -0.436 e. The zero-order valence-electron chi connectivity index (χ0n) is 12.3. The average Bonchev–Trinajstić information content (AvgIpc) is 3.04. The fourth-order valence-electron chi connectivity index (χ4n) is 1.88. The van der Waals surface area contributed by atoms with Gasteiger partial charge in [-0.25, -0.2) is 15.0 Å². The molecule has 3 aromatic heterocycles. The van der Waals surface area contributed by atoms with E-state index in [0.717, 1.165) is 40.9 Å². The van der Waals surface area contributed by atoms with E-state index in [1.54, 1.807) is 6.20 Å². The molecular formula is C14H17N5OS. The SMILES string of the molecule is CCCNc1cn2ccnc2c(Sc2nc(C)c(C)o2)n1. The minimum absolute atomic E-state index is 0.593. The van der Waals surface area contributed by atoms with Crippen molar-refractivity contribution in [2.24, 2.45) is 0 Å². The Morgan fingerprint density at radius 1 is 1.33 bits per heavy atom. The van der Waals surface area contributed by atoms with E-state index in [1.165, 1.54) is 11.8 Å². The van der Waals surface area contributed by atoms with E-state index in [2.05, 4.69) is 27.2 Å². The number of nitrogens with zero attached hydrogens (tertiary/aromatic N) is 4. The first-order valence-electron chi connectivity index (χ1n) is 6.87. The number of fused-ring (bicyclic) bond motifs is 1. The first-order chi connectivity index (χ1) is 10.2. The molecule has 0 aliphatic carbocycles. The lowest BCUT2D eigenvalue weighted by Crippen LogP contribution is -2.04. The number of imidazole rings is 1. The van der Waals surface area contributed by atoms with Crippen LogP contribution in [0.25, 0.3) is 5.65 Å². The Balaban J connectivity index is 1.97. The lowest BCUT2D eigenvalue weighted by Gasteiger charge is -2.07. The Morgan fingerprint density at radius 2 is 2.19 bits per heavy atom. The number of anilines is 1. The highest BCUT2D eigenvalue weighted by Crippen LogP contribution is 2.30. The van der Waals surface area contributed by atoms with Crippen molar-refractivity contribution in [3.63, 3.8) is 0 Å². The number of rotatable bonds is 5. The van der Waals surface area contributed by atoms with Crippen LogP contribution in [0.5, 0.6) is 0 Å². The zero-order chi connectivity index (χ0) is 14.8. The van der Waals surface area contributed by atoms with Gasteiger partial charge < -0.3 is 14.1 Å². The van der Waals surface area contributed by atoms with Crippen molar-refractivity contribution >= 4 is 23.2 Å². The van der Waals surface area contributed by atoms with E-state index < -0.39 is 0 Å². The van der Waals surface area contributed by atoms with E-state index >= 15 is 0 Å². The molecule has 3 heterocycles. The van der Waals surface area contributed by atoms with Gasteiger partial charge in [0.1, 0.15) is 11.6 Å². The summed E-state index contributed by atoms with van der Waals surface area (Å²) in [4.78, 5) is 13.3. The first kappa shape index (κ1) is 13.9. The molecule has 0 aromatic carbocycles. The largest absolute Gasteiger partial charge is 0.436 e. The summed E-state index contributed by atoms with van der Waals surface area (Å²) in [5, 5.41) is 4.67. The molecule has 0 aliphatic heterocycles. The summed E-state index contributed by atoms with van der Waals surface area (Å²) in [7, 11) is 0. The predicted octanol–water partition coefficient (Wildman–Crippen LogP) is 3.31. The van der Waals surface area contributed by atoms with Crippen LogP contribution in [0.4, 0.5) is 5.82 Å². The van der Waals surface area contributed by atoms with Crippen LogP contribution in [0.15, 0.2) is 33.3 Å². The molecule has 0 spiro atoms. The van der Waals surface area contributed by atoms with Crippen LogP contribution in [0.3, 0.4) is 0 Å². The number of oxazole rings is 1. The van der Waals surface area contributed by atoms with Crippen molar-refractivity contribution in [1.29, 1.82) is 0 Å². The number of aromatic nitrogens is 4. The third-order valence-corrected chi connectivity index (χ3v) is 3.91. The van der Waals surface area contributed by atoms with Gasteiger partial charge in [-0.05, 0) is 32.0 Å². The molecule has 110 valence electrons. The Labute approximate surface area is 127 Å². The Hall–Kier alpha value is -2.02. The number of nitrogens with one attached hydrogen (secondary N) is 1. The van der Waals surface area contributed by atoms with Gasteiger partial charge in [-0.1, -0.05) is 6.92 Å².